The average molecular weight is 366 g/mol. The van der Waals surface area contributed by atoms with Crippen LogP contribution in [0.5, 0.6) is 0 Å². The van der Waals surface area contributed by atoms with Crippen molar-refractivity contribution in [1.82, 2.24) is 14.7 Å². The summed E-state index contributed by atoms with van der Waals surface area (Å²) in [7, 11) is 4.06. The van der Waals surface area contributed by atoms with Crippen molar-refractivity contribution in [3.05, 3.63) is 59.6 Å². The molecule has 1 saturated carbocycles. The molecular weight excluding hydrogens is 340 g/mol. The monoisotopic (exact) mass is 366 g/mol. The van der Waals surface area contributed by atoms with Crippen LogP contribution in [0.4, 0.5) is 0 Å². The predicted octanol–water partition coefficient (Wildman–Crippen LogP) is 1.61. The lowest BCUT2D eigenvalue weighted by Gasteiger charge is -2.10. The number of carbonyl (C=O) groups is 1. The molecule has 142 valence electrons. The first-order valence-electron chi connectivity index (χ1n) is 9.02. The number of nitrogens with two attached hydrogens (primary N) is 2. The summed E-state index contributed by atoms with van der Waals surface area (Å²) in [6.45, 7) is 0.853. The molecular formula is C20H26N6O. The topological polar surface area (TPSA) is 103 Å². The molecule has 4 N–H and O–H groups in total. The molecule has 1 aromatic heterocycles. The van der Waals surface area contributed by atoms with Gasteiger partial charge in [0.2, 0.25) is 0 Å². The van der Waals surface area contributed by atoms with Crippen molar-refractivity contribution in [3.8, 4) is 5.69 Å². The second-order valence-electron chi connectivity index (χ2n) is 7.23. The fourth-order valence-corrected chi connectivity index (χ4v) is 2.85. The quantitative estimate of drug-likeness (QED) is 0.572. The van der Waals surface area contributed by atoms with Crippen LogP contribution in [0.25, 0.3) is 5.69 Å². The summed E-state index contributed by atoms with van der Waals surface area (Å²) in [5.41, 5.74) is 15.3. The molecule has 0 spiro atoms. The molecule has 27 heavy (non-hydrogen) atoms. The maximum Gasteiger partial charge on any atom is 0.252 e. The molecule has 3 rings (SSSR count). The van der Waals surface area contributed by atoms with Crippen LogP contribution in [0.2, 0.25) is 0 Å². The van der Waals surface area contributed by atoms with Gasteiger partial charge in [0, 0.05) is 18.4 Å². The van der Waals surface area contributed by atoms with E-state index in [0.29, 0.717) is 11.6 Å². The number of rotatable bonds is 7. The second kappa shape index (κ2) is 8.18. The van der Waals surface area contributed by atoms with Gasteiger partial charge in [0.05, 0.1) is 18.3 Å². The number of aromatic nitrogens is 2. The number of amides is 1. The molecule has 7 heteroatoms. The zero-order valence-electron chi connectivity index (χ0n) is 15.8. The first-order valence-corrected chi connectivity index (χ1v) is 9.02. The van der Waals surface area contributed by atoms with E-state index in [2.05, 4.69) is 27.1 Å². The van der Waals surface area contributed by atoms with Crippen LogP contribution in [0, 0.1) is 5.92 Å². The van der Waals surface area contributed by atoms with Gasteiger partial charge in [-0.15, -0.1) is 0 Å². The summed E-state index contributed by atoms with van der Waals surface area (Å²) in [6.07, 6.45) is 7.42. The van der Waals surface area contributed by atoms with E-state index >= 15 is 0 Å². The van der Waals surface area contributed by atoms with E-state index in [9.17, 15) is 4.79 Å². The van der Waals surface area contributed by atoms with Gasteiger partial charge in [-0.3, -0.25) is 4.79 Å². The van der Waals surface area contributed by atoms with Gasteiger partial charge < -0.3 is 16.4 Å². The summed E-state index contributed by atoms with van der Waals surface area (Å²) in [5.74, 6) is 0.247. The normalized spacial score (nSPS) is 15.4. The molecule has 0 unspecified atom stereocenters. The maximum absolute atomic E-state index is 12.1. The van der Waals surface area contributed by atoms with Crippen molar-refractivity contribution in [2.45, 2.75) is 25.8 Å². The average Bonchev–Trinajstić information content (AvgIpc) is 3.34. The summed E-state index contributed by atoms with van der Waals surface area (Å²) in [5, 5.41) is 4.36. The minimum Gasteiger partial charge on any atom is -0.402 e. The molecule has 0 bridgehead atoms. The first kappa shape index (κ1) is 18.8. The number of hydrogen-bond donors (Lipinski definition) is 2. The Kier molecular flexibility index (Phi) is 5.71. The Morgan fingerprint density at radius 1 is 1.33 bits per heavy atom. The molecule has 0 saturated heterocycles. The molecule has 0 atom stereocenters. The van der Waals surface area contributed by atoms with Crippen LogP contribution in [-0.4, -0.2) is 40.5 Å². The van der Waals surface area contributed by atoms with E-state index in [0.717, 1.165) is 30.6 Å². The Hall–Kier alpha value is -2.93. The summed E-state index contributed by atoms with van der Waals surface area (Å²) < 4.78 is 1.76. The highest BCUT2D eigenvalue weighted by molar-refractivity contribution is 6.00. The van der Waals surface area contributed by atoms with E-state index in [1.165, 1.54) is 5.56 Å². The number of nitrogens with zero attached hydrogens (tertiary/aromatic N) is 4. The molecule has 7 nitrogen and oxygen atoms in total. The lowest BCUT2D eigenvalue weighted by molar-refractivity contribution is -0.117. The van der Waals surface area contributed by atoms with Gasteiger partial charge in [-0.05, 0) is 62.2 Å². The molecule has 2 aromatic rings. The van der Waals surface area contributed by atoms with Crippen LogP contribution < -0.4 is 11.5 Å². The Labute approximate surface area is 159 Å². The maximum atomic E-state index is 12.1. The molecule has 1 amide bonds. The van der Waals surface area contributed by atoms with Crippen LogP contribution >= 0.6 is 0 Å². The second-order valence-corrected chi connectivity index (χ2v) is 7.23. The van der Waals surface area contributed by atoms with Crippen molar-refractivity contribution in [1.29, 1.82) is 0 Å². The Morgan fingerprint density at radius 3 is 2.81 bits per heavy atom. The molecule has 1 aromatic carbocycles. The molecule has 0 aliphatic heterocycles. The number of benzene rings is 1. The largest absolute Gasteiger partial charge is 0.402 e. The zero-order valence-corrected chi connectivity index (χ0v) is 15.8. The molecule has 1 heterocycles. The standard InChI is InChI=1S/C20H26N6O/c1-25(2)12-14-4-3-5-17(8-14)26-13-15(11-23-26)9-20(27)24-19(22)10-18(21)16-6-7-16/h3-5,8,10-11,13,16H,6-7,9,12,21H2,1-2H3,(H2,22,24,27)/b18-10-. The van der Waals surface area contributed by atoms with Gasteiger partial charge in [0.15, 0.2) is 0 Å². The van der Waals surface area contributed by atoms with E-state index in [1.807, 2.05) is 32.4 Å². The Bertz CT molecular complexity index is 876. The lowest BCUT2D eigenvalue weighted by atomic mass is 10.2. The molecule has 1 fully saturated rings. The molecule has 0 radical (unpaired) electrons. The van der Waals surface area contributed by atoms with E-state index in [1.54, 1.807) is 17.0 Å². The highest BCUT2D eigenvalue weighted by atomic mass is 16.1. The molecule has 1 aliphatic carbocycles. The minimum absolute atomic E-state index is 0.148. The Balaban J connectivity index is 1.65. The van der Waals surface area contributed by atoms with E-state index in [-0.39, 0.29) is 18.2 Å². The third-order valence-corrected chi connectivity index (χ3v) is 4.28. The minimum atomic E-state index is -0.312. The van der Waals surface area contributed by atoms with Crippen molar-refractivity contribution in [2.75, 3.05) is 14.1 Å². The third-order valence-electron chi connectivity index (χ3n) is 4.28. The van der Waals surface area contributed by atoms with Gasteiger partial charge in [0.1, 0.15) is 5.84 Å². The fourth-order valence-electron chi connectivity index (χ4n) is 2.85. The van der Waals surface area contributed by atoms with Gasteiger partial charge in [-0.2, -0.15) is 10.1 Å². The lowest BCUT2D eigenvalue weighted by Crippen LogP contribution is -2.15. The summed E-state index contributed by atoms with van der Waals surface area (Å²) in [4.78, 5) is 18.1. The van der Waals surface area contributed by atoms with Crippen molar-refractivity contribution < 1.29 is 4.79 Å². The molecule has 1 aliphatic rings. The van der Waals surface area contributed by atoms with Crippen LogP contribution in [0.15, 0.2) is 53.4 Å². The summed E-state index contributed by atoms with van der Waals surface area (Å²) in [6, 6.07) is 8.15. The number of carbonyl (C=O) groups excluding carboxylic acids is 1. The van der Waals surface area contributed by atoms with Crippen LogP contribution in [0.3, 0.4) is 0 Å². The van der Waals surface area contributed by atoms with Gasteiger partial charge in [0.25, 0.3) is 5.91 Å². The van der Waals surface area contributed by atoms with Crippen molar-refractivity contribution in [3.63, 3.8) is 0 Å². The number of allylic oxidation sites excluding steroid dienone is 1. The number of aliphatic imine (C=N–C) groups is 1. The highest BCUT2D eigenvalue weighted by Crippen LogP contribution is 2.33. The third kappa shape index (κ3) is 5.52. The summed E-state index contributed by atoms with van der Waals surface area (Å²) >= 11 is 0. The highest BCUT2D eigenvalue weighted by Gasteiger charge is 2.24. The van der Waals surface area contributed by atoms with Gasteiger partial charge in [-0.25, -0.2) is 4.68 Å². The number of amidine groups is 1. The van der Waals surface area contributed by atoms with Crippen molar-refractivity contribution >= 4 is 11.7 Å². The fraction of sp³-hybridized carbons (Fsp3) is 0.350. The van der Waals surface area contributed by atoms with Crippen molar-refractivity contribution in [2.24, 2.45) is 22.4 Å². The zero-order chi connectivity index (χ0) is 19.4. The SMILES string of the molecule is CN(C)Cc1cccc(-n2cc(CC(=O)N=C(N)/C=C(\N)C3CC3)cn2)c1. The van der Waals surface area contributed by atoms with Gasteiger partial charge >= 0.3 is 0 Å². The Morgan fingerprint density at radius 2 is 2.11 bits per heavy atom. The van der Waals surface area contributed by atoms with E-state index in [4.69, 9.17) is 11.5 Å². The first-order chi connectivity index (χ1) is 12.9. The predicted molar refractivity (Wildman–Crippen MR) is 106 cm³/mol. The van der Waals surface area contributed by atoms with E-state index < -0.39 is 0 Å². The van der Waals surface area contributed by atoms with Crippen LogP contribution in [-0.2, 0) is 17.8 Å². The van der Waals surface area contributed by atoms with Gasteiger partial charge in [-0.1, -0.05) is 12.1 Å². The van der Waals surface area contributed by atoms with Crippen LogP contribution in [0.1, 0.15) is 24.0 Å². The number of hydrogen-bond acceptors (Lipinski definition) is 4. The smallest absolute Gasteiger partial charge is 0.252 e.